The van der Waals surface area contributed by atoms with Crippen molar-refractivity contribution in [3.05, 3.63) is 64.9 Å². The number of aromatic nitrogens is 2. The van der Waals surface area contributed by atoms with Crippen molar-refractivity contribution in [2.24, 2.45) is 0 Å². The Hall–Kier alpha value is -3.00. The topological polar surface area (TPSA) is 67.2 Å². The summed E-state index contributed by atoms with van der Waals surface area (Å²) in [5.74, 6) is -0.927. The number of nitrogens with one attached hydrogen (secondary N) is 1. The number of amides is 2. The number of rotatable bonds is 5. The maximum atomic E-state index is 14.5. The quantitative estimate of drug-likeness (QED) is 0.630. The number of thiophene rings is 1. The maximum absolute atomic E-state index is 14.5. The van der Waals surface area contributed by atoms with Crippen molar-refractivity contribution in [1.82, 2.24) is 20.0 Å². The van der Waals surface area contributed by atoms with Gasteiger partial charge < -0.3 is 10.2 Å². The van der Waals surface area contributed by atoms with Crippen LogP contribution in [0.4, 0.5) is 4.39 Å². The third-order valence-electron chi connectivity index (χ3n) is 6.54. The van der Waals surface area contributed by atoms with Gasteiger partial charge in [0, 0.05) is 11.6 Å². The van der Waals surface area contributed by atoms with Gasteiger partial charge in [0.2, 0.25) is 5.91 Å². The van der Waals surface area contributed by atoms with E-state index in [1.54, 1.807) is 47.2 Å². The van der Waals surface area contributed by atoms with Crippen molar-refractivity contribution in [3.8, 4) is 10.6 Å². The van der Waals surface area contributed by atoms with Crippen LogP contribution in [0.5, 0.6) is 0 Å². The first kappa shape index (κ1) is 20.9. The van der Waals surface area contributed by atoms with Gasteiger partial charge in [-0.25, -0.2) is 4.39 Å². The first-order valence-electron chi connectivity index (χ1n) is 10.9. The van der Waals surface area contributed by atoms with E-state index in [1.165, 1.54) is 11.0 Å². The van der Waals surface area contributed by atoms with Crippen molar-refractivity contribution >= 4 is 23.2 Å². The first-order valence-corrected chi connectivity index (χ1v) is 11.8. The summed E-state index contributed by atoms with van der Waals surface area (Å²) in [5.41, 5.74) is 0.311. The summed E-state index contributed by atoms with van der Waals surface area (Å²) >= 11 is 1.54. The lowest BCUT2D eigenvalue weighted by Crippen LogP contribution is -2.64. The molecule has 1 saturated carbocycles. The van der Waals surface area contributed by atoms with Crippen LogP contribution in [0, 0.1) is 5.82 Å². The van der Waals surface area contributed by atoms with Crippen LogP contribution in [0.2, 0.25) is 0 Å². The Bertz CT molecular complexity index is 1150. The molecule has 0 unspecified atom stereocenters. The fraction of sp³-hybridized carbons (Fsp3) is 0.375. The summed E-state index contributed by atoms with van der Waals surface area (Å²) < 4.78 is 16.1. The second kappa shape index (κ2) is 8.16. The average Bonchev–Trinajstić information content (AvgIpc) is 3.53. The van der Waals surface area contributed by atoms with Crippen LogP contribution in [-0.2, 0) is 17.9 Å². The molecule has 0 bridgehead atoms. The van der Waals surface area contributed by atoms with Gasteiger partial charge in [-0.3, -0.25) is 14.3 Å². The highest BCUT2D eigenvalue weighted by molar-refractivity contribution is 7.13. The predicted octanol–water partition coefficient (Wildman–Crippen LogP) is 4.22. The fourth-order valence-electron chi connectivity index (χ4n) is 4.64. The highest BCUT2D eigenvalue weighted by Gasteiger charge is 2.48. The number of benzene rings is 1. The zero-order valence-electron chi connectivity index (χ0n) is 17.9. The molecule has 1 aliphatic carbocycles. The monoisotopic (exact) mass is 452 g/mol. The lowest BCUT2D eigenvalue weighted by atomic mass is 9.93. The third-order valence-corrected chi connectivity index (χ3v) is 7.43. The van der Waals surface area contributed by atoms with Gasteiger partial charge in [-0.2, -0.15) is 5.10 Å². The number of hydrogen-bond acceptors (Lipinski definition) is 4. The van der Waals surface area contributed by atoms with Gasteiger partial charge in [-0.1, -0.05) is 37.1 Å². The second-order valence-electron chi connectivity index (χ2n) is 8.76. The number of nitrogens with zero attached hydrogens (tertiary/aromatic N) is 3. The van der Waals surface area contributed by atoms with E-state index in [0.717, 1.165) is 30.6 Å². The maximum Gasteiger partial charge on any atom is 0.273 e. The van der Waals surface area contributed by atoms with Crippen LogP contribution in [0.3, 0.4) is 0 Å². The van der Waals surface area contributed by atoms with E-state index >= 15 is 0 Å². The molecule has 32 heavy (non-hydrogen) atoms. The van der Waals surface area contributed by atoms with Crippen molar-refractivity contribution in [3.63, 3.8) is 0 Å². The van der Waals surface area contributed by atoms with Crippen LogP contribution in [0.25, 0.3) is 10.6 Å². The van der Waals surface area contributed by atoms with Crippen LogP contribution in [0.1, 0.15) is 48.7 Å². The molecule has 1 N–H and O–H groups in total. The van der Waals surface area contributed by atoms with E-state index in [2.05, 4.69) is 10.4 Å². The van der Waals surface area contributed by atoms with Crippen LogP contribution < -0.4 is 5.32 Å². The summed E-state index contributed by atoms with van der Waals surface area (Å²) in [7, 11) is 0. The van der Waals surface area contributed by atoms with E-state index in [1.807, 2.05) is 17.5 Å². The van der Waals surface area contributed by atoms with Gasteiger partial charge in [-0.05, 0) is 43.3 Å². The molecular weight excluding hydrogens is 427 g/mol. The summed E-state index contributed by atoms with van der Waals surface area (Å²) in [6, 6.07) is 12.1. The third kappa shape index (κ3) is 3.62. The number of fused-ring (bicyclic) bond motifs is 1. The van der Waals surface area contributed by atoms with Gasteiger partial charge in [0.15, 0.2) is 0 Å². The summed E-state index contributed by atoms with van der Waals surface area (Å²) in [6.45, 7) is 1.98. The normalized spacial score (nSPS) is 21.1. The summed E-state index contributed by atoms with van der Waals surface area (Å²) in [4.78, 5) is 29.6. The highest BCUT2D eigenvalue weighted by atomic mass is 32.1. The van der Waals surface area contributed by atoms with Crippen molar-refractivity contribution in [2.45, 2.75) is 57.3 Å². The predicted molar refractivity (Wildman–Crippen MR) is 121 cm³/mol. The minimum Gasteiger partial charge on any atom is -0.351 e. The number of hydrogen-bond donors (Lipinski definition) is 1. The molecule has 1 aromatic carbocycles. The Morgan fingerprint density at radius 1 is 1.25 bits per heavy atom. The first-order chi connectivity index (χ1) is 15.5. The number of carbonyl (C=O) groups is 2. The lowest BCUT2D eigenvalue weighted by molar-refractivity contribution is -0.134. The smallest absolute Gasteiger partial charge is 0.273 e. The Morgan fingerprint density at radius 2 is 2.03 bits per heavy atom. The van der Waals surface area contributed by atoms with E-state index in [9.17, 15) is 14.0 Å². The Labute approximate surface area is 190 Å². The van der Waals surface area contributed by atoms with Gasteiger partial charge >= 0.3 is 0 Å². The molecule has 0 saturated heterocycles. The molecule has 5 rings (SSSR count). The Morgan fingerprint density at radius 3 is 2.75 bits per heavy atom. The zero-order valence-corrected chi connectivity index (χ0v) is 18.7. The van der Waals surface area contributed by atoms with Crippen molar-refractivity contribution < 1.29 is 14.0 Å². The van der Waals surface area contributed by atoms with Crippen molar-refractivity contribution in [2.75, 3.05) is 0 Å². The molecule has 3 aromatic rings. The summed E-state index contributed by atoms with van der Waals surface area (Å²) in [6.07, 6.45) is 4.07. The van der Waals surface area contributed by atoms with Crippen LogP contribution in [0.15, 0.2) is 47.8 Å². The van der Waals surface area contributed by atoms with Gasteiger partial charge in [0.05, 0.1) is 18.0 Å². The van der Waals surface area contributed by atoms with Crippen LogP contribution in [-0.4, -0.2) is 38.1 Å². The van der Waals surface area contributed by atoms with Gasteiger partial charge in [0.25, 0.3) is 5.91 Å². The molecule has 1 fully saturated rings. The average molecular weight is 453 g/mol. The molecule has 8 heteroatoms. The minimum atomic E-state index is -1.19. The minimum absolute atomic E-state index is 0.0135. The van der Waals surface area contributed by atoms with Crippen molar-refractivity contribution in [1.29, 1.82) is 0 Å². The standard InChI is InChI=1S/C24H25FN4O2S/c1-24(23(31)26-17-8-3-4-9-17)15-29-20(13-19(27-29)21-11-6-12-32-21)22(30)28(24)14-16-7-2-5-10-18(16)25/h2,5-7,10-13,17H,3-4,8-9,14-15H2,1H3,(H,26,31)/t24-/m1/s1. The SMILES string of the molecule is C[C@]1(C(=O)NC2CCCC2)Cn2nc(-c3cccs3)cc2C(=O)N1Cc1ccccc1F. The largest absolute Gasteiger partial charge is 0.351 e. The Kier molecular flexibility index (Phi) is 5.33. The van der Waals surface area contributed by atoms with E-state index in [-0.39, 0.29) is 30.9 Å². The molecule has 0 radical (unpaired) electrons. The van der Waals surface area contributed by atoms with Crippen LogP contribution >= 0.6 is 11.3 Å². The molecule has 0 spiro atoms. The molecule has 2 aliphatic rings. The second-order valence-corrected chi connectivity index (χ2v) is 9.71. The lowest BCUT2D eigenvalue weighted by Gasteiger charge is -2.43. The Balaban J connectivity index is 1.53. The van der Waals surface area contributed by atoms with E-state index < -0.39 is 11.4 Å². The fourth-order valence-corrected chi connectivity index (χ4v) is 5.32. The molecule has 1 aliphatic heterocycles. The number of carbonyl (C=O) groups excluding carboxylic acids is 2. The van der Waals surface area contributed by atoms with Gasteiger partial charge in [-0.15, -0.1) is 11.3 Å². The van der Waals surface area contributed by atoms with Gasteiger partial charge in [0.1, 0.15) is 22.7 Å². The highest BCUT2D eigenvalue weighted by Crippen LogP contribution is 2.33. The number of halogens is 1. The molecule has 3 heterocycles. The molecule has 2 aromatic heterocycles. The zero-order chi connectivity index (χ0) is 22.3. The molecule has 166 valence electrons. The molecule has 6 nitrogen and oxygen atoms in total. The van der Waals surface area contributed by atoms with E-state index in [4.69, 9.17) is 0 Å². The summed E-state index contributed by atoms with van der Waals surface area (Å²) in [5, 5.41) is 9.73. The molecule has 2 amide bonds. The van der Waals surface area contributed by atoms with E-state index in [0.29, 0.717) is 17.0 Å². The molecular formula is C24H25FN4O2S. The molecule has 1 atom stereocenters.